The number of anilines is 2. The fourth-order valence-electron chi connectivity index (χ4n) is 3.85. The number of aromatic nitrogens is 6. The molecule has 0 bridgehead atoms. The van der Waals surface area contributed by atoms with Gasteiger partial charge in [-0.05, 0) is 23.8 Å². The summed E-state index contributed by atoms with van der Waals surface area (Å²) in [6, 6.07) is 2.22. The number of sulfonamides is 2. The van der Waals surface area contributed by atoms with Crippen LogP contribution in [0.5, 0.6) is 0 Å². The molecule has 3 aromatic rings. The number of aliphatic hydroxyl groups excluding tert-OH is 2. The number of benzene rings is 1. The number of aliphatic hydroxyl groups is 2. The largest absolute Gasteiger partial charge is 0.394 e. The number of hydrogen-bond acceptors (Lipinski definition) is 12. The van der Waals surface area contributed by atoms with E-state index in [2.05, 4.69) is 30.3 Å². The number of tetrazole rings is 1. The number of fused-ring (bicyclic) bond motifs is 1. The van der Waals surface area contributed by atoms with Gasteiger partial charge in [-0.1, -0.05) is 0 Å². The van der Waals surface area contributed by atoms with Crippen LogP contribution in [0.1, 0.15) is 12.5 Å². The molecular weight excluding hydrogens is 504 g/mol. The van der Waals surface area contributed by atoms with Crippen molar-refractivity contribution in [3.05, 3.63) is 24.5 Å². The highest BCUT2D eigenvalue weighted by molar-refractivity contribution is 7.92. The van der Waals surface area contributed by atoms with E-state index < -0.39 is 42.5 Å². The Kier molecular flexibility index (Phi) is 6.86. The molecule has 1 aromatic carbocycles. The second-order valence-electron chi connectivity index (χ2n) is 7.72. The zero-order valence-electron chi connectivity index (χ0n) is 18.2. The predicted molar refractivity (Wildman–Crippen MR) is 121 cm³/mol. The van der Waals surface area contributed by atoms with Gasteiger partial charge in [0.25, 0.3) is 0 Å². The Hall–Kier alpha value is -3.00. The summed E-state index contributed by atoms with van der Waals surface area (Å²) < 4.78 is 55.6. The molecule has 3 heterocycles. The van der Waals surface area contributed by atoms with Gasteiger partial charge in [-0.15, -0.1) is 10.2 Å². The summed E-state index contributed by atoms with van der Waals surface area (Å²) in [4.78, 5) is 4.55. The lowest BCUT2D eigenvalue weighted by atomic mass is 10.1. The first-order valence-corrected chi connectivity index (χ1v) is 13.3. The van der Waals surface area contributed by atoms with Gasteiger partial charge < -0.3 is 25.4 Å². The summed E-state index contributed by atoms with van der Waals surface area (Å²) in [5.74, 6) is 0.172. The summed E-state index contributed by atoms with van der Waals surface area (Å²) >= 11 is 0. The van der Waals surface area contributed by atoms with E-state index in [9.17, 15) is 27.0 Å². The number of nitrogens with one attached hydrogen (secondary N) is 2. The molecule has 190 valence electrons. The predicted octanol–water partition coefficient (Wildman–Crippen LogP) is -2.62. The molecule has 0 aliphatic carbocycles. The normalized spacial score (nSPS) is 17.4. The van der Waals surface area contributed by atoms with Crippen molar-refractivity contribution in [2.24, 2.45) is 10.9 Å². The molecular formula is C17H24N10O6S2. The van der Waals surface area contributed by atoms with Crippen LogP contribution in [0.3, 0.4) is 0 Å². The van der Waals surface area contributed by atoms with Crippen molar-refractivity contribution in [1.29, 1.82) is 0 Å². The highest BCUT2D eigenvalue weighted by Gasteiger charge is 2.35. The average molecular weight is 529 g/mol. The molecule has 1 unspecified atom stereocenters. The van der Waals surface area contributed by atoms with E-state index in [0.29, 0.717) is 18.9 Å². The molecule has 1 aliphatic heterocycles. The molecule has 0 amide bonds. The van der Waals surface area contributed by atoms with Crippen LogP contribution >= 0.6 is 0 Å². The van der Waals surface area contributed by atoms with Crippen LogP contribution < -0.4 is 20.5 Å². The third-order valence-corrected chi connectivity index (χ3v) is 8.08. The van der Waals surface area contributed by atoms with Gasteiger partial charge in [-0.25, -0.2) is 31.7 Å². The Balaban J connectivity index is 1.96. The molecule has 1 aliphatic rings. The fraction of sp³-hybridized carbons (Fsp3) is 0.412. The van der Waals surface area contributed by atoms with Crippen LogP contribution in [0.25, 0.3) is 11.4 Å². The highest BCUT2D eigenvalue weighted by atomic mass is 32.2. The van der Waals surface area contributed by atoms with Gasteiger partial charge in [-0.3, -0.25) is 0 Å². The van der Waals surface area contributed by atoms with Gasteiger partial charge in [0.15, 0.2) is 0 Å². The van der Waals surface area contributed by atoms with E-state index in [1.165, 1.54) is 12.3 Å². The fourth-order valence-corrected chi connectivity index (χ4v) is 6.51. The molecule has 0 spiro atoms. The smallest absolute Gasteiger partial charge is 0.242 e. The molecule has 0 radical (unpaired) electrons. The molecule has 2 atom stereocenters. The van der Waals surface area contributed by atoms with Crippen molar-refractivity contribution in [1.82, 2.24) is 34.9 Å². The molecule has 8 N–H and O–H groups in total. The minimum atomic E-state index is -4.68. The number of nitrogens with two attached hydrogens (primary N) is 2. The highest BCUT2D eigenvalue weighted by Crippen LogP contribution is 2.42. The van der Waals surface area contributed by atoms with Crippen molar-refractivity contribution < 1.29 is 27.0 Å². The summed E-state index contributed by atoms with van der Waals surface area (Å²) in [5, 5.41) is 38.3. The molecule has 0 saturated carbocycles. The van der Waals surface area contributed by atoms with E-state index in [1.54, 1.807) is 15.7 Å². The number of rotatable bonds is 9. The Morgan fingerprint density at radius 2 is 2.06 bits per heavy atom. The molecule has 4 rings (SSSR count). The molecule has 0 saturated heterocycles. The molecule has 0 fully saturated rings. The number of H-pyrrole nitrogens is 1. The zero-order chi connectivity index (χ0) is 25.4. The summed E-state index contributed by atoms with van der Waals surface area (Å²) in [5.41, 5.74) is 5.32. The summed E-state index contributed by atoms with van der Waals surface area (Å²) in [6.45, 7) is -0.485. The number of hydrogen-bond donors (Lipinski definition) is 6. The SMILES string of the molecule is NCC(O)CNS(=O)(=O)c1ccc(N2CC[C@@H](CO)n3ccnc32)c(-c2nn[nH]n2)c1S(N)(=O)=O. The Morgan fingerprint density at radius 1 is 1.29 bits per heavy atom. The van der Waals surface area contributed by atoms with Gasteiger partial charge in [0, 0.05) is 32.0 Å². The van der Waals surface area contributed by atoms with E-state index in [4.69, 9.17) is 10.9 Å². The minimum Gasteiger partial charge on any atom is -0.394 e. The van der Waals surface area contributed by atoms with Gasteiger partial charge in [0.1, 0.15) is 9.79 Å². The first-order valence-electron chi connectivity index (χ1n) is 10.3. The second-order valence-corrected chi connectivity index (χ2v) is 11.0. The van der Waals surface area contributed by atoms with E-state index in [-0.39, 0.29) is 36.3 Å². The van der Waals surface area contributed by atoms with Crippen molar-refractivity contribution in [2.75, 3.05) is 31.1 Å². The number of aromatic amines is 1. The Morgan fingerprint density at radius 3 is 2.69 bits per heavy atom. The maximum Gasteiger partial charge on any atom is 0.242 e. The van der Waals surface area contributed by atoms with Crippen LogP contribution in [0.2, 0.25) is 0 Å². The maximum absolute atomic E-state index is 13.1. The van der Waals surface area contributed by atoms with Crippen LogP contribution in [0.15, 0.2) is 34.3 Å². The van der Waals surface area contributed by atoms with E-state index in [1.807, 2.05) is 0 Å². The quantitative estimate of drug-likeness (QED) is 0.167. The van der Waals surface area contributed by atoms with Gasteiger partial charge >= 0.3 is 0 Å². The monoisotopic (exact) mass is 528 g/mol. The van der Waals surface area contributed by atoms with Crippen LogP contribution in [-0.4, -0.2) is 89.6 Å². The first kappa shape index (κ1) is 25.1. The van der Waals surface area contributed by atoms with Gasteiger partial charge in [0.05, 0.1) is 30.0 Å². The third-order valence-electron chi connectivity index (χ3n) is 5.49. The number of primary sulfonamides is 1. The van der Waals surface area contributed by atoms with Crippen LogP contribution in [0, 0.1) is 0 Å². The lowest BCUT2D eigenvalue weighted by molar-refractivity contribution is 0.186. The van der Waals surface area contributed by atoms with Crippen molar-refractivity contribution in [3.8, 4) is 11.4 Å². The lowest BCUT2D eigenvalue weighted by Crippen LogP contribution is -2.37. The van der Waals surface area contributed by atoms with Gasteiger partial charge in [-0.2, -0.15) is 5.21 Å². The molecule has 18 heteroatoms. The lowest BCUT2D eigenvalue weighted by Gasteiger charge is -2.34. The standard InChI is InChI=1S/C17H24N10O6S2/c18-7-11(29)8-21-35(32,33)13-2-1-12(14(15(13)34(19,30)31)16-22-24-25-23-16)27-5-3-10(9-28)26-6-4-20-17(26)27/h1-2,4,6,10-11,21,28-29H,3,5,7-9,18H2,(H2,19,30,31)(H,22,23,24,25)/t10-,11?/m0/s1. The summed E-state index contributed by atoms with van der Waals surface area (Å²) in [7, 11) is -9.17. The minimum absolute atomic E-state index is 0.130. The van der Waals surface area contributed by atoms with Crippen LogP contribution in [0.4, 0.5) is 11.6 Å². The van der Waals surface area contributed by atoms with Gasteiger partial charge in [0.2, 0.25) is 31.8 Å². The van der Waals surface area contributed by atoms with E-state index in [0.717, 1.165) is 6.07 Å². The maximum atomic E-state index is 13.1. The van der Waals surface area contributed by atoms with Crippen LogP contribution in [-0.2, 0) is 20.0 Å². The Bertz CT molecular complexity index is 1410. The third kappa shape index (κ3) is 4.76. The van der Waals surface area contributed by atoms with E-state index >= 15 is 0 Å². The summed E-state index contributed by atoms with van der Waals surface area (Å²) in [6.07, 6.45) is 2.48. The molecule has 2 aromatic heterocycles. The zero-order valence-corrected chi connectivity index (χ0v) is 19.8. The van der Waals surface area contributed by atoms with Crippen molar-refractivity contribution >= 4 is 31.7 Å². The van der Waals surface area contributed by atoms with Crippen molar-refractivity contribution in [3.63, 3.8) is 0 Å². The Labute approximate surface area is 200 Å². The number of imidazole rings is 1. The number of nitrogens with zero attached hydrogens (tertiary/aromatic N) is 6. The second kappa shape index (κ2) is 9.57. The van der Waals surface area contributed by atoms with Crippen molar-refractivity contribution in [2.45, 2.75) is 28.4 Å². The average Bonchev–Trinajstić information content (AvgIpc) is 3.53. The first-order chi connectivity index (χ1) is 16.6. The molecule has 35 heavy (non-hydrogen) atoms. The topological polar surface area (TPSA) is 248 Å². The molecule has 16 nitrogen and oxygen atoms in total.